The van der Waals surface area contributed by atoms with Crippen LogP contribution in [0.15, 0.2) is 65.5 Å². The summed E-state index contributed by atoms with van der Waals surface area (Å²) in [6.07, 6.45) is -2.38. The highest BCUT2D eigenvalue weighted by Gasteiger charge is 2.42. The molecule has 70 heavy (non-hydrogen) atoms. The number of rotatable bonds is 11. The van der Waals surface area contributed by atoms with Gasteiger partial charge in [-0.2, -0.15) is 0 Å². The van der Waals surface area contributed by atoms with E-state index >= 15 is 0 Å². The van der Waals surface area contributed by atoms with Gasteiger partial charge in [0.2, 0.25) is 11.9 Å². The van der Waals surface area contributed by atoms with Gasteiger partial charge in [0.25, 0.3) is 17.4 Å². The van der Waals surface area contributed by atoms with Crippen molar-refractivity contribution in [2.45, 2.75) is 66.2 Å². The number of aromatic nitrogens is 5. The number of hydrogen-bond acceptors (Lipinski definition) is 15. The van der Waals surface area contributed by atoms with Crippen molar-refractivity contribution < 1.29 is 58.0 Å². The molecule has 3 amide bonds. The topological polar surface area (TPSA) is 255 Å². The zero-order valence-electron chi connectivity index (χ0n) is 39.1. The van der Waals surface area contributed by atoms with E-state index in [9.17, 15) is 44.1 Å². The Hall–Kier alpha value is -8.13. The van der Waals surface area contributed by atoms with Gasteiger partial charge in [0.05, 0.1) is 59.8 Å². The number of fused-ring (bicyclic) bond motifs is 5. The van der Waals surface area contributed by atoms with E-state index in [1.165, 1.54) is 26.2 Å². The Labute approximate surface area is 400 Å². The van der Waals surface area contributed by atoms with Gasteiger partial charge in [-0.25, -0.2) is 19.4 Å². The number of aryl methyl sites for hydroxylation is 1. The zero-order chi connectivity index (χ0) is 49.8. The molecular weight excluding hydrogens is 905 g/mol. The van der Waals surface area contributed by atoms with E-state index < -0.39 is 42.2 Å². The summed E-state index contributed by atoms with van der Waals surface area (Å²) in [6, 6.07) is 15.8. The number of piperazine rings is 1. The number of likely N-dealkylation sites (N-methyl/N-ethyl adjacent to an activating group) is 1. The summed E-state index contributed by atoms with van der Waals surface area (Å²) < 4.78 is 19.0. The number of phenolic OH excluding ortho intramolecular Hbond substituents is 3. The molecule has 20 nitrogen and oxygen atoms in total. The standard InChI is InChI=1S/C50H50N8O12/c1-6-30-32-19-29(59)13-14-37(32)52-42-35(30)23-56-38(42)21-33-36(47(56)64)24-68-49(66)43(33)70-50(67)69-25-41(62)55-15-17-58(8-3,18-16-55)48(65)27-9-11-28(12-10-27)57-44(53-54-45(57)46(63)51-7-2)34-20-31(26(4)5)39(60)22-40(34)61/h9-14,19-22,26,43H,6-8,15-18,23-25H2,1-5H3,(H3-,51,53,59,60,61,63,64)/p+1. The van der Waals surface area contributed by atoms with Crippen LogP contribution in [0.3, 0.4) is 0 Å². The molecule has 9 rings (SSSR count). The normalized spacial score (nSPS) is 15.8. The first-order valence-corrected chi connectivity index (χ1v) is 23.1. The lowest BCUT2D eigenvalue weighted by Crippen LogP contribution is -2.63. The van der Waals surface area contributed by atoms with Crippen LogP contribution >= 0.6 is 0 Å². The van der Waals surface area contributed by atoms with Crippen molar-refractivity contribution in [1.29, 1.82) is 0 Å². The molecule has 1 atom stereocenters. The minimum atomic E-state index is -1.65. The molecule has 6 aromatic rings. The third-order valence-corrected chi connectivity index (χ3v) is 13.5. The number of carbonyl (C=O) groups is 5. The SMILES string of the molecule is CCNC(=O)c1nnc(-c2cc(C(C)C)c(O)cc2O)n1-c1ccc(C(=O)[N+]2(CC)CCN(C(=O)COC(=O)OC3C(=O)OCc4c3cc3n(c4=O)Cc4c-3nc3ccc(O)cc3c4CC)CC2)cc1. The Balaban J connectivity index is 0.865. The Bertz CT molecular complexity index is 3210. The first-order chi connectivity index (χ1) is 33.6. The predicted octanol–water partition coefficient (Wildman–Crippen LogP) is 5.00. The first kappa shape index (κ1) is 47.0. The van der Waals surface area contributed by atoms with Crippen LogP contribution in [0.5, 0.6) is 17.2 Å². The quantitative estimate of drug-likeness (QED) is 0.0984. The minimum Gasteiger partial charge on any atom is -0.508 e. The molecule has 3 aromatic heterocycles. The van der Waals surface area contributed by atoms with Crippen LogP contribution in [-0.4, -0.2) is 125 Å². The van der Waals surface area contributed by atoms with E-state index in [1.54, 1.807) is 55.5 Å². The maximum atomic E-state index is 14.3. The fourth-order valence-electron chi connectivity index (χ4n) is 9.65. The van der Waals surface area contributed by atoms with Gasteiger partial charge in [-0.3, -0.25) is 23.4 Å². The lowest BCUT2D eigenvalue weighted by molar-refractivity contribution is -0.851. The molecule has 20 heteroatoms. The number of nitrogens with zero attached hydrogens (tertiary/aromatic N) is 7. The van der Waals surface area contributed by atoms with Crippen molar-refractivity contribution in [3.05, 3.63) is 110 Å². The van der Waals surface area contributed by atoms with Gasteiger partial charge < -0.3 is 44.3 Å². The monoisotopic (exact) mass is 955 g/mol. The zero-order valence-corrected chi connectivity index (χ0v) is 39.1. The van der Waals surface area contributed by atoms with Gasteiger partial charge in [-0.05, 0) is 91.9 Å². The van der Waals surface area contributed by atoms with E-state index in [4.69, 9.17) is 19.2 Å². The molecule has 0 saturated carbocycles. The molecule has 0 bridgehead atoms. The summed E-state index contributed by atoms with van der Waals surface area (Å²) in [5.41, 5.74) is 4.71. The molecule has 3 aromatic carbocycles. The van der Waals surface area contributed by atoms with Crippen LogP contribution in [0.1, 0.15) is 95.4 Å². The van der Waals surface area contributed by atoms with Gasteiger partial charge in [0.1, 0.15) is 36.9 Å². The number of amides is 3. The molecule has 1 fully saturated rings. The third-order valence-electron chi connectivity index (χ3n) is 13.5. The largest absolute Gasteiger partial charge is 0.509 e. The van der Waals surface area contributed by atoms with Crippen LogP contribution < -0.4 is 10.9 Å². The number of ether oxygens (including phenoxy) is 3. The van der Waals surface area contributed by atoms with Crippen molar-refractivity contribution in [2.24, 2.45) is 0 Å². The minimum absolute atomic E-state index is 0.0138. The van der Waals surface area contributed by atoms with Crippen LogP contribution in [0.25, 0.3) is 39.4 Å². The number of cyclic esters (lactones) is 1. The Morgan fingerprint density at radius 1 is 0.914 bits per heavy atom. The number of carbonyl (C=O) groups excluding carboxylic acids is 5. The molecule has 1 saturated heterocycles. The number of phenols is 3. The average Bonchev–Trinajstić information content (AvgIpc) is 3.96. The summed E-state index contributed by atoms with van der Waals surface area (Å²) in [7, 11) is 0. The average molecular weight is 956 g/mol. The van der Waals surface area contributed by atoms with Gasteiger partial charge in [0.15, 0.2) is 12.4 Å². The summed E-state index contributed by atoms with van der Waals surface area (Å²) in [6.45, 7) is 10.1. The van der Waals surface area contributed by atoms with Crippen molar-refractivity contribution in [3.8, 4) is 45.7 Å². The van der Waals surface area contributed by atoms with Gasteiger partial charge >= 0.3 is 18.0 Å². The molecule has 3 aliphatic rings. The van der Waals surface area contributed by atoms with Gasteiger partial charge in [-0.1, -0.05) is 20.8 Å². The van der Waals surface area contributed by atoms with Crippen molar-refractivity contribution in [3.63, 3.8) is 0 Å². The van der Waals surface area contributed by atoms with Crippen LogP contribution in [-0.2, 0) is 43.4 Å². The smallest absolute Gasteiger partial charge is 0.508 e. The second-order valence-corrected chi connectivity index (χ2v) is 17.7. The van der Waals surface area contributed by atoms with Crippen LogP contribution in [0.2, 0.25) is 0 Å². The Kier molecular flexibility index (Phi) is 12.3. The van der Waals surface area contributed by atoms with E-state index in [0.29, 0.717) is 53.2 Å². The molecule has 1 unspecified atom stereocenters. The Morgan fingerprint density at radius 3 is 2.34 bits per heavy atom. The van der Waals surface area contributed by atoms with Crippen molar-refractivity contribution in [2.75, 3.05) is 45.9 Å². The fraction of sp³-hybridized carbons (Fsp3) is 0.340. The highest BCUT2D eigenvalue weighted by atomic mass is 16.7. The van der Waals surface area contributed by atoms with Crippen LogP contribution in [0.4, 0.5) is 4.79 Å². The maximum Gasteiger partial charge on any atom is 0.509 e. The molecule has 6 heterocycles. The summed E-state index contributed by atoms with van der Waals surface area (Å²) >= 11 is 0. The lowest BCUT2D eigenvalue weighted by Gasteiger charge is -2.42. The lowest BCUT2D eigenvalue weighted by atomic mass is 9.97. The van der Waals surface area contributed by atoms with E-state index in [1.807, 2.05) is 27.7 Å². The number of esters is 1. The molecule has 0 spiro atoms. The molecule has 362 valence electrons. The highest BCUT2D eigenvalue weighted by molar-refractivity contribution is 5.93. The van der Waals surface area contributed by atoms with Crippen LogP contribution in [0, 0.1) is 0 Å². The molecule has 0 radical (unpaired) electrons. The second-order valence-electron chi connectivity index (χ2n) is 17.7. The van der Waals surface area contributed by atoms with E-state index in [2.05, 4.69) is 15.5 Å². The number of nitrogens with one attached hydrogen (secondary N) is 1. The molecule has 4 N–H and O–H groups in total. The number of hydrogen-bond donors (Lipinski definition) is 4. The summed E-state index contributed by atoms with van der Waals surface area (Å²) in [5.74, 6) is -2.45. The van der Waals surface area contributed by atoms with Crippen molar-refractivity contribution in [1.82, 2.24) is 34.5 Å². The maximum absolute atomic E-state index is 14.3. The number of aromatic hydroxyl groups is 3. The third kappa shape index (κ3) is 8.12. The van der Waals surface area contributed by atoms with E-state index in [-0.39, 0.29) is 101 Å². The Morgan fingerprint density at radius 2 is 1.66 bits per heavy atom. The number of pyridine rings is 2. The summed E-state index contributed by atoms with van der Waals surface area (Å²) in [4.78, 5) is 87.2. The van der Waals surface area contributed by atoms with Crippen molar-refractivity contribution >= 4 is 40.7 Å². The first-order valence-electron chi connectivity index (χ1n) is 23.1. The summed E-state index contributed by atoms with van der Waals surface area (Å²) in [5, 5.41) is 43.5. The second kappa shape index (κ2) is 18.4. The van der Waals surface area contributed by atoms with Gasteiger partial charge in [-0.15, -0.1) is 10.2 Å². The molecule has 0 aliphatic carbocycles. The van der Waals surface area contributed by atoms with E-state index in [0.717, 1.165) is 16.5 Å². The number of quaternary nitrogens is 1. The molecule has 3 aliphatic heterocycles. The number of benzene rings is 3. The molecular formula is C50H51N8O12+. The fourth-order valence-corrected chi connectivity index (χ4v) is 9.65. The highest BCUT2D eigenvalue weighted by Crippen LogP contribution is 2.41. The van der Waals surface area contributed by atoms with Gasteiger partial charge in [0, 0.05) is 34.8 Å². The predicted molar refractivity (Wildman–Crippen MR) is 250 cm³/mol.